The minimum absolute atomic E-state index is 0.0432. The van der Waals surface area contributed by atoms with E-state index in [1.807, 2.05) is 0 Å². The fourth-order valence-electron chi connectivity index (χ4n) is 1.33. The van der Waals surface area contributed by atoms with Gasteiger partial charge in [-0.15, -0.1) is 0 Å². The van der Waals surface area contributed by atoms with Gasteiger partial charge >= 0.3 is 0 Å². The number of sulfonamides is 1. The highest BCUT2D eigenvalue weighted by Crippen LogP contribution is 2.12. The lowest BCUT2D eigenvalue weighted by Gasteiger charge is -2.09. The summed E-state index contributed by atoms with van der Waals surface area (Å²) in [5, 5.41) is -0.0432. The first kappa shape index (κ1) is 15.8. The highest BCUT2D eigenvalue weighted by molar-refractivity contribution is 7.89. The number of aryl methyl sites for hydroxylation is 1. The number of methoxy groups -OCH3 is 1. The van der Waals surface area contributed by atoms with E-state index in [1.165, 1.54) is 25.5 Å². The summed E-state index contributed by atoms with van der Waals surface area (Å²) in [6.45, 7) is 5.24. The molecule has 1 heterocycles. The average Bonchev–Trinajstić information content (AvgIpc) is 2.43. The molecule has 0 aromatic carbocycles. The van der Waals surface area contributed by atoms with Crippen LogP contribution in [0.3, 0.4) is 0 Å². The van der Waals surface area contributed by atoms with Crippen molar-refractivity contribution in [2.24, 2.45) is 5.73 Å². The Balaban J connectivity index is 2.99. The van der Waals surface area contributed by atoms with Gasteiger partial charge in [-0.05, 0) is 30.7 Å². The molecule has 0 bridgehead atoms. The number of rotatable bonds is 6. The van der Waals surface area contributed by atoms with E-state index < -0.39 is 10.0 Å². The van der Waals surface area contributed by atoms with E-state index in [1.54, 1.807) is 19.1 Å². The van der Waals surface area contributed by atoms with Gasteiger partial charge in [-0.3, -0.25) is 4.72 Å². The Morgan fingerprint density at radius 3 is 2.75 bits per heavy atom. The Morgan fingerprint density at radius 1 is 1.50 bits per heavy atom. The quantitative estimate of drug-likeness (QED) is 0.607. The Kier molecular flexibility index (Phi) is 5.33. The fourth-order valence-corrected chi connectivity index (χ4v) is 2.56. The number of pyridine rings is 1. The van der Waals surface area contributed by atoms with Crippen LogP contribution in [-0.4, -0.2) is 20.5 Å². The number of nitrogens with two attached hydrogens (primary N) is 1. The number of hydrogen-bond donors (Lipinski definition) is 2. The van der Waals surface area contributed by atoms with Crippen molar-refractivity contribution in [3.8, 4) is 0 Å². The third kappa shape index (κ3) is 4.13. The van der Waals surface area contributed by atoms with Gasteiger partial charge in [0.15, 0.2) is 5.03 Å². The number of aromatic nitrogens is 1. The molecule has 0 saturated heterocycles. The van der Waals surface area contributed by atoms with Crippen molar-refractivity contribution in [2.75, 3.05) is 7.11 Å². The van der Waals surface area contributed by atoms with Crippen LogP contribution in [0, 0.1) is 6.92 Å². The molecule has 0 atom stereocenters. The maximum Gasteiger partial charge on any atom is 0.279 e. The molecule has 1 rings (SSSR count). The Hall–Kier alpha value is -2.28. The minimum Gasteiger partial charge on any atom is -0.497 e. The van der Waals surface area contributed by atoms with Crippen molar-refractivity contribution in [3.63, 3.8) is 0 Å². The van der Waals surface area contributed by atoms with Crippen molar-refractivity contribution < 1.29 is 13.2 Å². The molecule has 20 heavy (non-hydrogen) atoms. The predicted molar refractivity (Wildman–Crippen MR) is 76.9 cm³/mol. The van der Waals surface area contributed by atoms with Crippen molar-refractivity contribution >= 4 is 10.0 Å². The molecule has 0 unspecified atom stereocenters. The molecule has 0 aliphatic carbocycles. The van der Waals surface area contributed by atoms with E-state index in [0.29, 0.717) is 11.3 Å². The Morgan fingerprint density at radius 2 is 2.20 bits per heavy atom. The smallest absolute Gasteiger partial charge is 0.279 e. The van der Waals surface area contributed by atoms with Crippen LogP contribution in [0.1, 0.15) is 5.56 Å². The monoisotopic (exact) mass is 295 g/mol. The van der Waals surface area contributed by atoms with Crippen molar-refractivity contribution in [1.29, 1.82) is 0 Å². The van der Waals surface area contributed by atoms with Gasteiger partial charge in [0, 0.05) is 12.4 Å². The maximum atomic E-state index is 12.2. The number of nitrogens with zero attached hydrogens (tertiary/aromatic N) is 1. The number of hydrogen-bond acceptors (Lipinski definition) is 5. The first-order chi connectivity index (χ1) is 9.40. The van der Waals surface area contributed by atoms with Crippen molar-refractivity contribution in [3.05, 3.63) is 60.3 Å². The molecule has 0 amide bonds. The summed E-state index contributed by atoms with van der Waals surface area (Å²) in [6, 6.07) is 3.33. The molecule has 6 nitrogen and oxygen atoms in total. The summed E-state index contributed by atoms with van der Waals surface area (Å²) in [7, 11) is -2.33. The molecule has 0 saturated carbocycles. The van der Waals surface area contributed by atoms with Gasteiger partial charge in [0.25, 0.3) is 10.0 Å². The lowest BCUT2D eigenvalue weighted by molar-refractivity contribution is 0.309. The zero-order valence-corrected chi connectivity index (χ0v) is 12.1. The van der Waals surface area contributed by atoms with E-state index in [4.69, 9.17) is 10.5 Å². The summed E-state index contributed by atoms with van der Waals surface area (Å²) in [5.74, 6) is 0.373. The number of ether oxygens (including phenoxy) is 1. The van der Waals surface area contributed by atoms with Crippen molar-refractivity contribution in [2.45, 2.75) is 11.9 Å². The average molecular weight is 295 g/mol. The van der Waals surface area contributed by atoms with E-state index in [9.17, 15) is 8.42 Å². The lowest BCUT2D eigenvalue weighted by atomic mass is 10.3. The zero-order valence-electron chi connectivity index (χ0n) is 11.3. The second kappa shape index (κ2) is 6.76. The van der Waals surface area contributed by atoms with Crippen LogP contribution in [0.5, 0.6) is 0 Å². The van der Waals surface area contributed by atoms with Crippen LogP contribution in [0.4, 0.5) is 0 Å². The van der Waals surface area contributed by atoms with Gasteiger partial charge in [0.05, 0.1) is 12.8 Å². The molecule has 1 aromatic heterocycles. The number of allylic oxidation sites excluding steroid dienone is 2. The van der Waals surface area contributed by atoms with Gasteiger partial charge < -0.3 is 10.5 Å². The van der Waals surface area contributed by atoms with Gasteiger partial charge in [-0.2, -0.15) is 8.42 Å². The molecule has 1 aromatic rings. The largest absolute Gasteiger partial charge is 0.497 e. The predicted octanol–water partition coefficient (Wildman–Crippen LogP) is 1.18. The SMILES string of the molecule is C=C(/C=C\C(=C/N)NS(=O)(=O)c1ncccc1C)OC. The first-order valence-corrected chi connectivity index (χ1v) is 7.16. The van der Waals surface area contributed by atoms with E-state index in [2.05, 4.69) is 16.3 Å². The highest BCUT2D eigenvalue weighted by Gasteiger charge is 2.18. The third-order valence-corrected chi connectivity index (χ3v) is 3.80. The summed E-state index contributed by atoms with van der Waals surface area (Å²) < 4.78 is 31.5. The second-order valence-corrected chi connectivity index (χ2v) is 5.45. The van der Waals surface area contributed by atoms with Gasteiger partial charge in [0.1, 0.15) is 5.76 Å². The maximum absolute atomic E-state index is 12.2. The standard InChI is InChI=1S/C13H17N3O3S/c1-10-5-4-8-15-13(10)20(17,18)16-12(9-14)7-6-11(2)19-3/h4-9,16H,2,14H2,1,3H3/b7-6-,12-9+. The zero-order chi connectivity index (χ0) is 15.2. The molecule has 0 fully saturated rings. The highest BCUT2D eigenvalue weighted by atomic mass is 32.2. The topological polar surface area (TPSA) is 94.3 Å². The minimum atomic E-state index is -3.79. The molecule has 0 aliphatic heterocycles. The van der Waals surface area contributed by atoms with Gasteiger partial charge in [0.2, 0.25) is 0 Å². The first-order valence-electron chi connectivity index (χ1n) is 5.68. The molecule has 0 radical (unpaired) electrons. The van der Waals surface area contributed by atoms with Crippen LogP contribution in [0.15, 0.2) is 59.7 Å². The molecule has 0 spiro atoms. The van der Waals surface area contributed by atoms with Crippen LogP contribution in [0.25, 0.3) is 0 Å². The van der Waals surface area contributed by atoms with Crippen LogP contribution in [0.2, 0.25) is 0 Å². The second-order valence-electron chi connectivity index (χ2n) is 3.86. The Bertz CT molecular complexity index is 649. The summed E-state index contributed by atoms with van der Waals surface area (Å²) in [6.07, 6.45) is 5.49. The molecule has 0 aliphatic rings. The molecule has 108 valence electrons. The molecular weight excluding hydrogens is 278 g/mol. The van der Waals surface area contributed by atoms with E-state index in [-0.39, 0.29) is 10.7 Å². The van der Waals surface area contributed by atoms with Gasteiger partial charge in [-0.25, -0.2) is 4.98 Å². The molecule has 3 N–H and O–H groups in total. The molecule has 7 heteroatoms. The third-order valence-electron chi connectivity index (χ3n) is 2.36. The van der Waals surface area contributed by atoms with Crippen LogP contribution in [-0.2, 0) is 14.8 Å². The number of nitrogens with one attached hydrogen (secondary N) is 1. The summed E-state index contributed by atoms with van der Waals surface area (Å²) >= 11 is 0. The summed E-state index contributed by atoms with van der Waals surface area (Å²) in [5.41, 5.74) is 6.12. The Labute approximate surface area is 118 Å². The summed E-state index contributed by atoms with van der Waals surface area (Å²) in [4.78, 5) is 3.86. The van der Waals surface area contributed by atoms with Crippen LogP contribution >= 0.6 is 0 Å². The normalized spacial score (nSPS) is 12.4. The van der Waals surface area contributed by atoms with E-state index in [0.717, 1.165) is 6.20 Å². The van der Waals surface area contributed by atoms with E-state index >= 15 is 0 Å². The van der Waals surface area contributed by atoms with Gasteiger partial charge in [-0.1, -0.05) is 12.6 Å². The fraction of sp³-hybridized carbons (Fsp3) is 0.154. The van der Waals surface area contributed by atoms with Crippen LogP contribution < -0.4 is 10.5 Å². The molecular formula is C13H17N3O3S. The van der Waals surface area contributed by atoms with Crippen molar-refractivity contribution in [1.82, 2.24) is 9.71 Å². The lowest BCUT2D eigenvalue weighted by Crippen LogP contribution is -2.24.